The molecule has 0 saturated carbocycles. The van der Waals surface area contributed by atoms with Gasteiger partial charge in [-0.2, -0.15) is 0 Å². The SMILES string of the molecule is Cc1ccc(SC2(C(=O)O)CC(=O)NC2c2cc(F)cc(F)c2)cc1. The number of thioether (sulfide) groups is 1. The van der Waals surface area contributed by atoms with Crippen LogP contribution in [0.1, 0.15) is 23.6 Å². The maximum Gasteiger partial charge on any atom is 0.323 e. The molecule has 1 aliphatic rings. The minimum atomic E-state index is -1.59. The number of carbonyl (C=O) groups excluding carboxylic acids is 1. The molecule has 7 heteroatoms. The first kappa shape index (κ1) is 17.4. The van der Waals surface area contributed by atoms with Crippen LogP contribution in [0, 0.1) is 18.6 Å². The first-order chi connectivity index (χ1) is 11.8. The van der Waals surface area contributed by atoms with Crippen molar-refractivity contribution >= 4 is 23.6 Å². The standard InChI is InChI=1S/C18H15F2NO3S/c1-10-2-4-14(5-3-10)25-18(17(23)24)9-15(22)21-16(18)11-6-12(19)8-13(20)7-11/h2-8,16H,9H2,1H3,(H,21,22)(H,23,24). The second-order valence-corrected chi connectivity index (χ2v) is 7.39. The molecule has 0 bridgehead atoms. The zero-order valence-corrected chi connectivity index (χ0v) is 14.1. The summed E-state index contributed by atoms with van der Waals surface area (Å²) in [6.07, 6.45) is -0.288. The Morgan fingerprint density at radius 1 is 1.20 bits per heavy atom. The monoisotopic (exact) mass is 363 g/mol. The molecular weight excluding hydrogens is 348 g/mol. The van der Waals surface area contributed by atoms with Crippen molar-refractivity contribution in [3.05, 3.63) is 65.2 Å². The molecule has 25 heavy (non-hydrogen) atoms. The molecule has 1 aliphatic heterocycles. The van der Waals surface area contributed by atoms with Gasteiger partial charge in [0.25, 0.3) is 0 Å². The Bertz CT molecular complexity index is 820. The number of hydrogen-bond donors (Lipinski definition) is 2. The molecule has 2 aromatic carbocycles. The predicted molar refractivity (Wildman–Crippen MR) is 89.3 cm³/mol. The van der Waals surface area contributed by atoms with Crippen molar-refractivity contribution < 1.29 is 23.5 Å². The third kappa shape index (κ3) is 3.37. The largest absolute Gasteiger partial charge is 0.480 e. The van der Waals surface area contributed by atoms with Gasteiger partial charge < -0.3 is 10.4 Å². The Morgan fingerprint density at radius 2 is 1.80 bits per heavy atom. The van der Waals surface area contributed by atoms with Crippen LogP contribution in [0.25, 0.3) is 0 Å². The summed E-state index contributed by atoms with van der Waals surface area (Å²) >= 11 is 1.01. The van der Waals surface area contributed by atoms with Gasteiger partial charge in [-0.1, -0.05) is 17.7 Å². The Hall–Kier alpha value is -2.41. The summed E-state index contributed by atoms with van der Waals surface area (Å²) in [4.78, 5) is 24.7. The van der Waals surface area contributed by atoms with E-state index in [1.807, 2.05) is 19.1 Å². The van der Waals surface area contributed by atoms with Gasteiger partial charge in [-0.3, -0.25) is 9.59 Å². The van der Waals surface area contributed by atoms with Crippen LogP contribution >= 0.6 is 11.8 Å². The van der Waals surface area contributed by atoms with Crippen LogP contribution in [0.2, 0.25) is 0 Å². The number of aryl methyl sites for hydroxylation is 1. The van der Waals surface area contributed by atoms with E-state index in [0.717, 1.165) is 29.5 Å². The quantitative estimate of drug-likeness (QED) is 0.873. The van der Waals surface area contributed by atoms with E-state index < -0.39 is 34.3 Å². The van der Waals surface area contributed by atoms with E-state index in [2.05, 4.69) is 5.32 Å². The van der Waals surface area contributed by atoms with Crippen molar-refractivity contribution in [2.75, 3.05) is 0 Å². The molecule has 2 aromatic rings. The fourth-order valence-corrected chi connectivity index (χ4v) is 4.21. The lowest BCUT2D eigenvalue weighted by atomic mass is 9.93. The van der Waals surface area contributed by atoms with Crippen molar-refractivity contribution in [1.82, 2.24) is 5.32 Å². The number of amides is 1. The number of hydrogen-bond acceptors (Lipinski definition) is 3. The highest BCUT2D eigenvalue weighted by molar-refractivity contribution is 8.01. The predicted octanol–water partition coefficient (Wildman–Crippen LogP) is 3.45. The summed E-state index contributed by atoms with van der Waals surface area (Å²) < 4.78 is 25.6. The second kappa shape index (κ2) is 6.48. The molecule has 1 fully saturated rings. The molecule has 2 atom stereocenters. The molecule has 3 rings (SSSR count). The van der Waals surface area contributed by atoms with Crippen LogP contribution in [0.3, 0.4) is 0 Å². The van der Waals surface area contributed by atoms with Crippen LogP contribution in [-0.2, 0) is 9.59 Å². The molecule has 0 aromatic heterocycles. The van der Waals surface area contributed by atoms with Gasteiger partial charge in [0, 0.05) is 11.0 Å². The van der Waals surface area contributed by atoms with E-state index >= 15 is 0 Å². The Kier molecular flexibility index (Phi) is 4.51. The molecule has 0 radical (unpaired) electrons. The van der Waals surface area contributed by atoms with Crippen molar-refractivity contribution in [1.29, 1.82) is 0 Å². The number of carboxylic acid groups (broad SMARTS) is 1. The maximum atomic E-state index is 13.6. The molecular formula is C18H15F2NO3S. The van der Waals surface area contributed by atoms with Crippen molar-refractivity contribution in [3.8, 4) is 0 Å². The van der Waals surface area contributed by atoms with E-state index in [-0.39, 0.29) is 12.0 Å². The molecule has 1 saturated heterocycles. The molecule has 4 nitrogen and oxygen atoms in total. The van der Waals surface area contributed by atoms with Crippen LogP contribution in [0.4, 0.5) is 8.78 Å². The first-order valence-electron chi connectivity index (χ1n) is 7.54. The van der Waals surface area contributed by atoms with E-state index in [1.54, 1.807) is 12.1 Å². The second-order valence-electron chi connectivity index (χ2n) is 5.99. The fraction of sp³-hybridized carbons (Fsp3) is 0.222. The Labute approximate surface area is 147 Å². The summed E-state index contributed by atoms with van der Waals surface area (Å²) in [5.74, 6) is -3.34. The average molecular weight is 363 g/mol. The third-order valence-corrected chi connectivity index (χ3v) is 5.52. The Morgan fingerprint density at radius 3 is 2.36 bits per heavy atom. The lowest BCUT2D eigenvalue weighted by Crippen LogP contribution is -2.40. The number of aliphatic carboxylic acids is 1. The number of nitrogens with one attached hydrogen (secondary N) is 1. The van der Waals surface area contributed by atoms with Gasteiger partial charge in [0.1, 0.15) is 11.6 Å². The molecule has 1 amide bonds. The number of carboxylic acids is 1. The van der Waals surface area contributed by atoms with E-state index in [1.165, 1.54) is 0 Å². The van der Waals surface area contributed by atoms with Crippen LogP contribution in [0.15, 0.2) is 47.4 Å². The fourth-order valence-electron chi connectivity index (χ4n) is 2.92. The van der Waals surface area contributed by atoms with Gasteiger partial charge in [0.2, 0.25) is 5.91 Å². The van der Waals surface area contributed by atoms with Crippen LogP contribution in [-0.4, -0.2) is 21.7 Å². The summed E-state index contributed by atoms with van der Waals surface area (Å²) in [6.45, 7) is 1.90. The summed E-state index contributed by atoms with van der Waals surface area (Å²) in [6, 6.07) is 8.94. The Balaban J connectivity index is 2.06. The normalized spacial score (nSPS) is 22.7. The minimum absolute atomic E-state index is 0.0883. The highest BCUT2D eigenvalue weighted by atomic mass is 32.2. The maximum absolute atomic E-state index is 13.6. The highest BCUT2D eigenvalue weighted by Crippen LogP contribution is 2.48. The van der Waals surface area contributed by atoms with Gasteiger partial charge in [0.15, 0.2) is 4.75 Å². The van der Waals surface area contributed by atoms with Crippen LogP contribution < -0.4 is 5.32 Å². The van der Waals surface area contributed by atoms with Gasteiger partial charge in [-0.15, -0.1) is 11.8 Å². The number of halogens is 2. The van der Waals surface area contributed by atoms with E-state index in [0.29, 0.717) is 11.0 Å². The number of carbonyl (C=O) groups is 2. The minimum Gasteiger partial charge on any atom is -0.480 e. The van der Waals surface area contributed by atoms with Crippen LogP contribution in [0.5, 0.6) is 0 Å². The molecule has 1 heterocycles. The van der Waals surface area contributed by atoms with Gasteiger partial charge in [-0.25, -0.2) is 8.78 Å². The smallest absolute Gasteiger partial charge is 0.323 e. The molecule has 0 aliphatic carbocycles. The molecule has 130 valence electrons. The number of rotatable bonds is 4. The molecule has 0 spiro atoms. The topological polar surface area (TPSA) is 66.4 Å². The van der Waals surface area contributed by atoms with Crippen molar-refractivity contribution in [3.63, 3.8) is 0 Å². The summed E-state index contributed by atoms with van der Waals surface area (Å²) in [7, 11) is 0. The lowest BCUT2D eigenvalue weighted by molar-refractivity contribution is -0.140. The van der Waals surface area contributed by atoms with Crippen molar-refractivity contribution in [2.45, 2.75) is 29.0 Å². The number of benzene rings is 2. The first-order valence-corrected chi connectivity index (χ1v) is 8.36. The lowest BCUT2D eigenvalue weighted by Gasteiger charge is -2.29. The summed E-state index contributed by atoms with van der Waals surface area (Å²) in [5.41, 5.74) is 1.10. The average Bonchev–Trinajstić information content (AvgIpc) is 2.86. The van der Waals surface area contributed by atoms with E-state index in [9.17, 15) is 23.5 Å². The van der Waals surface area contributed by atoms with Gasteiger partial charge >= 0.3 is 5.97 Å². The van der Waals surface area contributed by atoms with Gasteiger partial charge in [0.05, 0.1) is 12.5 Å². The third-order valence-electron chi connectivity index (χ3n) is 4.10. The van der Waals surface area contributed by atoms with Crippen molar-refractivity contribution in [2.24, 2.45) is 0 Å². The highest BCUT2D eigenvalue weighted by Gasteiger charge is 2.54. The molecule has 2 N–H and O–H groups in total. The zero-order valence-electron chi connectivity index (χ0n) is 13.3. The molecule has 2 unspecified atom stereocenters. The van der Waals surface area contributed by atoms with E-state index in [4.69, 9.17) is 0 Å². The zero-order chi connectivity index (χ0) is 18.2. The summed E-state index contributed by atoms with van der Waals surface area (Å²) in [5, 5.41) is 12.4. The van der Waals surface area contributed by atoms with Gasteiger partial charge in [-0.05, 0) is 36.8 Å².